The summed E-state index contributed by atoms with van der Waals surface area (Å²) in [7, 11) is 1.73. The van der Waals surface area contributed by atoms with E-state index in [1.54, 1.807) is 13.4 Å². The molecule has 4 rings (SSSR count). The third-order valence-electron chi connectivity index (χ3n) is 5.39. The second-order valence-corrected chi connectivity index (χ2v) is 7.03. The fraction of sp³-hybridized carbons (Fsp3) is 0.500. The lowest BCUT2D eigenvalue weighted by molar-refractivity contribution is 0.413. The molecule has 2 fully saturated rings. The second-order valence-electron chi connectivity index (χ2n) is 7.03. The standard InChI is InChI=1S/C20H27N5O/c1-26-18-9-5-4-8-17(18)24-10-12-25(13-11-24)20-14-19(21-15-22-20)23-16-6-2-3-7-16/h4-5,8-9,14-16H,2-3,6-7,10-13H2,1H3,(H,21,22,23). The molecule has 2 aromatic rings. The van der Waals surface area contributed by atoms with Crippen molar-refractivity contribution in [1.29, 1.82) is 0 Å². The van der Waals surface area contributed by atoms with Crippen molar-refractivity contribution in [2.24, 2.45) is 0 Å². The van der Waals surface area contributed by atoms with Crippen LogP contribution in [0, 0.1) is 0 Å². The highest BCUT2D eigenvalue weighted by molar-refractivity contribution is 5.60. The van der Waals surface area contributed by atoms with Crippen LogP contribution in [-0.4, -0.2) is 49.3 Å². The Balaban J connectivity index is 1.40. The van der Waals surface area contributed by atoms with E-state index in [-0.39, 0.29) is 0 Å². The topological polar surface area (TPSA) is 53.5 Å². The Bertz CT molecular complexity index is 724. The quantitative estimate of drug-likeness (QED) is 0.891. The van der Waals surface area contributed by atoms with Crippen molar-refractivity contribution in [2.75, 3.05) is 48.4 Å². The highest BCUT2D eigenvalue weighted by atomic mass is 16.5. The number of benzene rings is 1. The fourth-order valence-electron chi connectivity index (χ4n) is 3.95. The largest absolute Gasteiger partial charge is 0.495 e. The zero-order valence-electron chi connectivity index (χ0n) is 15.4. The number of anilines is 3. The van der Waals surface area contributed by atoms with E-state index in [9.17, 15) is 0 Å². The van der Waals surface area contributed by atoms with Crippen LogP contribution in [0.4, 0.5) is 17.3 Å². The Morgan fingerprint density at radius 2 is 1.73 bits per heavy atom. The van der Waals surface area contributed by atoms with Gasteiger partial charge in [-0.15, -0.1) is 0 Å². The van der Waals surface area contributed by atoms with Crippen LogP contribution in [0.1, 0.15) is 25.7 Å². The molecule has 1 saturated carbocycles. The first-order chi connectivity index (χ1) is 12.8. The van der Waals surface area contributed by atoms with E-state index in [0.717, 1.165) is 43.6 Å². The molecule has 2 heterocycles. The van der Waals surface area contributed by atoms with Crippen molar-refractivity contribution in [3.05, 3.63) is 36.7 Å². The average molecular weight is 353 g/mol. The molecule has 1 N–H and O–H groups in total. The Morgan fingerprint density at radius 1 is 1.00 bits per heavy atom. The molecule has 6 nitrogen and oxygen atoms in total. The lowest BCUT2D eigenvalue weighted by Gasteiger charge is -2.37. The molecule has 0 unspecified atom stereocenters. The third-order valence-corrected chi connectivity index (χ3v) is 5.39. The Hall–Kier alpha value is -2.50. The first kappa shape index (κ1) is 16.9. The Morgan fingerprint density at radius 3 is 2.50 bits per heavy atom. The predicted molar refractivity (Wildman–Crippen MR) is 105 cm³/mol. The van der Waals surface area contributed by atoms with E-state index in [2.05, 4.69) is 43.3 Å². The van der Waals surface area contributed by atoms with Crippen LogP contribution in [0.2, 0.25) is 0 Å². The van der Waals surface area contributed by atoms with E-state index >= 15 is 0 Å². The summed E-state index contributed by atoms with van der Waals surface area (Å²) in [6, 6.07) is 10.9. The first-order valence-electron chi connectivity index (χ1n) is 9.55. The molecule has 1 aromatic carbocycles. The number of nitrogens with zero attached hydrogens (tertiary/aromatic N) is 4. The van der Waals surface area contributed by atoms with Gasteiger partial charge in [0, 0.05) is 38.3 Å². The molecule has 2 aliphatic rings. The number of aromatic nitrogens is 2. The van der Waals surface area contributed by atoms with E-state index in [1.807, 2.05) is 12.1 Å². The van der Waals surface area contributed by atoms with Crippen LogP contribution < -0.4 is 19.9 Å². The maximum absolute atomic E-state index is 5.50. The second kappa shape index (κ2) is 7.81. The molecule has 0 spiro atoms. The van der Waals surface area contributed by atoms with Crippen molar-refractivity contribution in [2.45, 2.75) is 31.7 Å². The predicted octanol–water partition coefficient (Wildman–Crippen LogP) is 3.17. The summed E-state index contributed by atoms with van der Waals surface area (Å²) in [6.45, 7) is 3.79. The third kappa shape index (κ3) is 3.69. The molecule has 1 aliphatic heterocycles. The summed E-state index contributed by atoms with van der Waals surface area (Å²) < 4.78 is 5.50. The van der Waals surface area contributed by atoms with Gasteiger partial charge in [0.2, 0.25) is 0 Å². The minimum Gasteiger partial charge on any atom is -0.495 e. The van der Waals surface area contributed by atoms with Crippen molar-refractivity contribution in [1.82, 2.24) is 9.97 Å². The van der Waals surface area contributed by atoms with Gasteiger partial charge in [0.05, 0.1) is 12.8 Å². The Kier molecular flexibility index (Phi) is 5.09. The number of para-hydroxylation sites is 2. The number of hydrogen-bond acceptors (Lipinski definition) is 6. The molecule has 0 bridgehead atoms. The molecule has 0 radical (unpaired) electrons. The van der Waals surface area contributed by atoms with E-state index in [0.29, 0.717) is 6.04 Å². The zero-order valence-corrected chi connectivity index (χ0v) is 15.4. The molecule has 138 valence electrons. The maximum Gasteiger partial charge on any atom is 0.142 e. The zero-order chi connectivity index (χ0) is 17.8. The van der Waals surface area contributed by atoms with Gasteiger partial charge in [-0.3, -0.25) is 0 Å². The van der Waals surface area contributed by atoms with Crippen LogP contribution >= 0.6 is 0 Å². The van der Waals surface area contributed by atoms with Crippen LogP contribution in [0.25, 0.3) is 0 Å². The minimum atomic E-state index is 0.570. The van der Waals surface area contributed by atoms with Gasteiger partial charge in [-0.2, -0.15) is 0 Å². The minimum absolute atomic E-state index is 0.570. The highest BCUT2D eigenvalue weighted by Gasteiger charge is 2.21. The molecule has 0 amide bonds. The van der Waals surface area contributed by atoms with Crippen LogP contribution in [0.3, 0.4) is 0 Å². The maximum atomic E-state index is 5.50. The van der Waals surface area contributed by atoms with E-state index in [1.165, 1.54) is 31.4 Å². The fourth-order valence-corrected chi connectivity index (χ4v) is 3.95. The number of methoxy groups -OCH3 is 1. The summed E-state index contributed by atoms with van der Waals surface area (Å²) in [5.74, 6) is 2.90. The van der Waals surface area contributed by atoms with Crippen molar-refractivity contribution < 1.29 is 4.74 Å². The number of piperazine rings is 1. The van der Waals surface area contributed by atoms with E-state index in [4.69, 9.17) is 4.74 Å². The lowest BCUT2D eigenvalue weighted by Crippen LogP contribution is -2.47. The summed E-state index contributed by atoms with van der Waals surface area (Å²) in [5.41, 5.74) is 1.17. The SMILES string of the molecule is COc1ccccc1N1CCN(c2cc(NC3CCCC3)ncn2)CC1. The molecule has 1 aliphatic carbocycles. The molecule has 1 aromatic heterocycles. The van der Waals surface area contributed by atoms with Gasteiger partial charge < -0.3 is 19.9 Å². The van der Waals surface area contributed by atoms with Gasteiger partial charge in [0.1, 0.15) is 23.7 Å². The molecule has 6 heteroatoms. The lowest BCUT2D eigenvalue weighted by atomic mass is 10.2. The van der Waals surface area contributed by atoms with Crippen LogP contribution in [-0.2, 0) is 0 Å². The monoisotopic (exact) mass is 353 g/mol. The molecular formula is C20H27N5O. The summed E-state index contributed by atoms with van der Waals surface area (Å²) in [5, 5.41) is 3.57. The van der Waals surface area contributed by atoms with Crippen LogP contribution in [0.5, 0.6) is 5.75 Å². The first-order valence-corrected chi connectivity index (χ1v) is 9.55. The number of nitrogens with one attached hydrogen (secondary N) is 1. The van der Waals surface area contributed by atoms with Crippen molar-refractivity contribution in [3.8, 4) is 5.75 Å². The number of hydrogen-bond donors (Lipinski definition) is 1. The molecule has 1 saturated heterocycles. The summed E-state index contributed by atoms with van der Waals surface area (Å²) in [6.07, 6.45) is 6.81. The smallest absolute Gasteiger partial charge is 0.142 e. The van der Waals surface area contributed by atoms with Gasteiger partial charge in [-0.1, -0.05) is 25.0 Å². The summed E-state index contributed by atoms with van der Waals surface area (Å²) in [4.78, 5) is 13.6. The van der Waals surface area contributed by atoms with Gasteiger partial charge in [0.15, 0.2) is 0 Å². The summed E-state index contributed by atoms with van der Waals surface area (Å²) >= 11 is 0. The van der Waals surface area contributed by atoms with Crippen molar-refractivity contribution in [3.63, 3.8) is 0 Å². The average Bonchev–Trinajstić information content (AvgIpc) is 3.21. The van der Waals surface area contributed by atoms with Gasteiger partial charge in [-0.05, 0) is 25.0 Å². The van der Waals surface area contributed by atoms with Gasteiger partial charge in [-0.25, -0.2) is 9.97 Å². The highest BCUT2D eigenvalue weighted by Crippen LogP contribution is 2.29. The normalized spacial score (nSPS) is 18.2. The van der Waals surface area contributed by atoms with Crippen LogP contribution in [0.15, 0.2) is 36.7 Å². The number of rotatable bonds is 5. The Labute approximate surface area is 155 Å². The van der Waals surface area contributed by atoms with Gasteiger partial charge >= 0.3 is 0 Å². The number of ether oxygens (including phenoxy) is 1. The molecule has 26 heavy (non-hydrogen) atoms. The van der Waals surface area contributed by atoms with Crippen molar-refractivity contribution >= 4 is 17.3 Å². The van der Waals surface area contributed by atoms with Gasteiger partial charge in [0.25, 0.3) is 0 Å². The van der Waals surface area contributed by atoms with E-state index < -0.39 is 0 Å². The molecular weight excluding hydrogens is 326 g/mol. The molecule has 0 atom stereocenters.